The van der Waals surface area contributed by atoms with E-state index in [0.717, 1.165) is 11.1 Å². The first-order valence-electron chi connectivity index (χ1n) is 6.86. The molecule has 1 atom stereocenters. The van der Waals surface area contributed by atoms with E-state index >= 15 is 0 Å². The monoisotopic (exact) mass is 337 g/mol. The molecule has 1 amide bonds. The smallest absolute Gasteiger partial charge is 0.265 e. The molecule has 2 aromatic rings. The largest absolute Gasteiger partial charge is 0.481 e. The minimum atomic E-state index is -0.629. The van der Waals surface area contributed by atoms with Gasteiger partial charge in [0, 0.05) is 5.69 Å². The summed E-state index contributed by atoms with van der Waals surface area (Å²) in [4.78, 5) is 12.2. The average Bonchev–Trinajstić information content (AvgIpc) is 2.41. The van der Waals surface area contributed by atoms with Crippen molar-refractivity contribution in [3.63, 3.8) is 0 Å². The molecule has 2 aromatic carbocycles. The molecule has 3 nitrogen and oxygen atoms in total. The zero-order valence-corrected chi connectivity index (χ0v) is 14.1. The molecule has 2 rings (SSSR count). The molecule has 0 bridgehead atoms. The van der Waals surface area contributed by atoms with Crippen LogP contribution in [0.4, 0.5) is 5.69 Å². The molecule has 0 aliphatic heterocycles. The molecule has 0 aliphatic rings. The van der Waals surface area contributed by atoms with Gasteiger partial charge in [0.2, 0.25) is 0 Å². The van der Waals surface area contributed by atoms with Crippen molar-refractivity contribution in [3.05, 3.63) is 57.6 Å². The van der Waals surface area contributed by atoms with E-state index in [1.165, 1.54) is 0 Å². The summed E-state index contributed by atoms with van der Waals surface area (Å²) in [6.07, 6.45) is -0.629. The number of hydrogen-bond donors (Lipinski definition) is 1. The third kappa shape index (κ3) is 4.39. The highest BCUT2D eigenvalue weighted by Gasteiger charge is 2.15. The highest BCUT2D eigenvalue weighted by Crippen LogP contribution is 2.25. The summed E-state index contributed by atoms with van der Waals surface area (Å²) in [6.45, 7) is 5.67. The van der Waals surface area contributed by atoms with Gasteiger partial charge in [0.25, 0.3) is 5.91 Å². The fourth-order valence-electron chi connectivity index (χ4n) is 2.08. The van der Waals surface area contributed by atoms with Crippen LogP contribution in [0.5, 0.6) is 5.75 Å². The molecule has 1 N–H and O–H groups in total. The lowest BCUT2D eigenvalue weighted by Gasteiger charge is -2.16. The number of halogens is 2. The van der Waals surface area contributed by atoms with Gasteiger partial charge in [-0.1, -0.05) is 29.3 Å². The van der Waals surface area contributed by atoms with Crippen LogP contribution < -0.4 is 10.1 Å². The summed E-state index contributed by atoms with van der Waals surface area (Å²) in [5, 5.41) is 3.59. The van der Waals surface area contributed by atoms with E-state index in [4.69, 9.17) is 27.9 Å². The van der Waals surface area contributed by atoms with E-state index in [-0.39, 0.29) is 5.91 Å². The summed E-state index contributed by atoms with van der Waals surface area (Å²) >= 11 is 11.8. The van der Waals surface area contributed by atoms with Crippen molar-refractivity contribution in [2.45, 2.75) is 26.9 Å². The molecule has 0 aromatic heterocycles. The lowest BCUT2D eigenvalue weighted by Crippen LogP contribution is -2.30. The zero-order valence-electron chi connectivity index (χ0n) is 12.6. The predicted molar refractivity (Wildman–Crippen MR) is 91.1 cm³/mol. The summed E-state index contributed by atoms with van der Waals surface area (Å²) in [6, 6.07) is 10.8. The van der Waals surface area contributed by atoms with Crippen LogP contribution in [-0.2, 0) is 4.79 Å². The van der Waals surface area contributed by atoms with Crippen LogP contribution in [0, 0.1) is 13.8 Å². The van der Waals surface area contributed by atoms with E-state index < -0.39 is 6.10 Å². The molecule has 22 heavy (non-hydrogen) atoms. The molecule has 0 fully saturated rings. The van der Waals surface area contributed by atoms with Crippen molar-refractivity contribution in [3.8, 4) is 5.75 Å². The van der Waals surface area contributed by atoms with Crippen molar-refractivity contribution in [2.24, 2.45) is 0 Å². The molecule has 0 radical (unpaired) electrons. The van der Waals surface area contributed by atoms with E-state index in [9.17, 15) is 4.79 Å². The maximum absolute atomic E-state index is 12.2. The quantitative estimate of drug-likeness (QED) is 0.850. The van der Waals surface area contributed by atoms with Crippen molar-refractivity contribution in [2.75, 3.05) is 5.32 Å². The Morgan fingerprint density at radius 3 is 2.27 bits per heavy atom. The maximum atomic E-state index is 12.2. The van der Waals surface area contributed by atoms with Gasteiger partial charge in [-0.15, -0.1) is 0 Å². The van der Waals surface area contributed by atoms with Crippen LogP contribution in [0.1, 0.15) is 18.1 Å². The second-order valence-corrected chi connectivity index (χ2v) is 6.02. The fourth-order valence-corrected chi connectivity index (χ4v) is 2.37. The average molecular weight is 338 g/mol. The van der Waals surface area contributed by atoms with Gasteiger partial charge in [0.1, 0.15) is 5.75 Å². The first kappa shape index (κ1) is 16.7. The summed E-state index contributed by atoms with van der Waals surface area (Å²) in [7, 11) is 0. The van der Waals surface area contributed by atoms with Gasteiger partial charge in [-0.3, -0.25) is 4.79 Å². The minimum Gasteiger partial charge on any atom is -0.481 e. The molecule has 0 spiro atoms. The Hall–Kier alpha value is -1.71. The highest BCUT2D eigenvalue weighted by molar-refractivity contribution is 6.42. The van der Waals surface area contributed by atoms with Gasteiger partial charge in [0.05, 0.1) is 10.0 Å². The third-order valence-corrected chi connectivity index (χ3v) is 3.80. The first-order valence-corrected chi connectivity index (χ1v) is 7.61. The van der Waals surface area contributed by atoms with Crippen LogP contribution >= 0.6 is 23.2 Å². The number of nitrogens with one attached hydrogen (secondary N) is 1. The third-order valence-electron chi connectivity index (χ3n) is 3.06. The number of anilines is 1. The lowest BCUT2D eigenvalue weighted by atomic mass is 10.1. The number of carbonyl (C=O) groups is 1. The number of rotatable bonds is 4. The molecule has 0 aliphatic carbocycles. The Morgan fingerprint density at radius 1 is 1.05 bits per heavy atom. The number of hydrogen-bond acceptors (Lipinski definition) is 2. The Labute approximate surface area is 140 Å². The van der Waals surface area contributed by atoms with Gasteiger partial charge >= 0.3 is 0 Å². The maximum Gasteiger partial charge on any atom is 0.265 e. The lowest BCUT2D eigenvalue weighted by molar-refractivity contribution is -0.122. The Balaban J connectivity index is 2.04. The molecule has 0 heterocycles. The van der Waals surface area contributed by atoms with Gasteiger partial charge in [-0.2, -0.15) is 0 Å². The summed E-state index contributed by atoms with van der Waals surface area (Å²) < 4.78 is 5.69. The molecule has 5 heteroatoms. The second-order valence-electron chi connectivity index (χ2n) is 5.20. The topological polar surface area (TPSA) is 38.3 Å². The Kier molecular flexibility index (Phi) is 5.33. The van der Waals surface area contributed by atoms with E-state index in [2.05, 4.69) is 5.32 Å². The molecule has 0 saturated heterocycles. The second kappa shape index (κ2) is 7.03. The van der Waals surface area contributed by atoms with Gasteiger partial charge in [-0.05, 0) is 62.2 Å². The van der Waals surface area contributed by atoms with Crippen LogP contribution in [-0.4, -0.2) is 12.0 Å². The Bertz CT molecular complexity index is 681. The summed E-state index contributed by atoms with van der Waals surface area (Å²) in [5.41, 5.74) is 2.76. The van der Waals surface area contributed by atoms with E-state index in [1.807, 2.05) is 32.0 Å². The fraction of sp³-hybridized carbons (Fsp3) is 0.235. The molecule has 0 saturated carbocycles. The zero-order chi connectivity index (χ0) is 16.3. The SMILES string of the molecule is Cc1cc(C)cc(OC(C)C(=O)Nc2ccc(Cl)c(Cl)c2)c1. The first-order chi connectivity index (χ1) is 10.3. The van der Waals surface area contributed by atoms with Crippen molar-refractivity contribution in [1.29, 1.82) is 0 Å². The van der Waals surface area contributed by atoms with Crippen LogP contribution in [0.3, 0.4) is 0 Å². The number of carbonyl (C=O) groups excluding carboxylic acids is 1. The molecule has 1 unspecified atom stereocenters. The predicted octanol–water partition coefficient (Wildman–Crippen LogP) is 5.02. The molecular weight excluding hydrogens is 321 g/mol. The number of amides is 1. The summed E-state index contributed by atoms with van der Waals surface area (Å²) in [5.74, 6) is 0.423. The van der Waals surface area contributed by atoms with Crippen molar-refractivity contribution in [1.82, 2.24) is 0 Å². The number of ether oxygens (including phenoxy) is 1. The van der Waals surface area contributed by atoms with Crippen LogP contribution in [0.15, 0.2) is 36.4 Å². The van der Waals surface area contributed by atoms with Gasteiger partial charge in [0.15, 0.2) is 6.10 Å². The van der Waals surface area contributed by atoms with Gasteiger partial charge < -0.3 is 10.1 Å². The number of benzene rings is 2. The van der Waals surface area contributed by atoms with E-state index in [0.29, 0.717) is 21.5 Å². The van der Waals surface area contributed by atoms with Crippen LogP contribution in [0.25, 0.3) is 0 Å². The number of aryl methyl sites for hydroxylation is 2. The molecular formula is C17H17Cl2NO2. The molecule has 116 valence electrons. The highest BCUT2D eigenvalue weighted by atomic mass is 35.5. The minimum absolute atomic E-state index is 0.252. The Morgan fingerprint density at radius 2 is 1.68 bits per heavy atom. The van der Waals surface area contributed by atoms with Gasteiger partial charge in [-0.25, -0.2) is 0 Å². The van der Waals surface area contributed by atoms with Crippen molar-refractivity contribution >= 4 is 34.8 Å². The van der Waals surface area contributed by atoms with Crippen LogP contribution in [0.2, 0.25) is 10.0 Å². The normalized spacial score (nSPS) is 11.9. The standard InChI is InChI=1S/C17H17Cl2NO2/c1-10-6-11(2)8-14(7-10)22-12(3)17(21)20-13-4-5-15(18)16(19)9-13/h4-9,12H,1-3H3,(H,20,21). The van der Waals surface area contributed by atoms with Crippen molar-refractivity contribution < 1.29 is 9.53 Å². The van der Waals surface area contributed by atoms with E-state index in [1.54, 1.807) is 25.1 Å².